The van der Waals surface area contributed by atoms with Crippen molar-refractivity contribution in [3.05, 3.63) is 0 Å². The number of amides is 2. The summed E-state index contributed by atoms with van der Waals surface area (Å²) in [6.45, 7) is 0.310. The van der Waals surface area contributed by atoms with Crippen molar-refractivity contribution in [2.45, 2.75) is 174 Å². The Morgan fingerprint density at radius 3 is 1.50 bits per heavy atom. The van der Waals surface area contributed by atoms with Crippen molar-refractivity contribution in [1.29, 1.82) is 0 Å². The van der Waals surface area contributed by atoms with Gasteiger partial charge in [-0.15, -0.1) is 0 Å². The predicted molar refractivity (Wildman–Crippen MR) is 189 cm³/mol. The summed E-state index contributed by atoms with van der Waals surface area (Å²) in [7, 11) is 0. The number of aliphatic hydroxyl groups excluding tert-OH is 13. The van der Waals surface area contributed by atoms with Gasteiger partial charge in [0.05, 0.1) is 25.9 Å². The van der Waals surface area contributed by atoms with Gasteiger partial charge in [-0.25, -0.2) is 4.79 Å². The average molecular weight is 909 g/mol. The molecule has 0 aromatic carbocycles. The number of nitrogens with one attached hydrogen (secondary N) is 2. The molecule has 0 bridgehead atoms. The first-order valence-electron chi connectivity index (χ1n) is 19.4. The zero-order chi connectivity index (χ0) is 46.1. The Balaban J connectivity index is 1.53. The number of carboxylic acid groups (broad SMARTS) is 1. The van der Waals surface area contributed by atoms with Crippen LogP contribution in [0.25, 0.3) is 0 Å². The molecule has 16 N–H and O–H groups in total. The zero-order valence-electron chi connectivity index (χ0n) is 33.2. The normalized spacial score (nSPS) is 48.9. The maximum atomic E-state index is 12.5. The van der Waals surface area contributed by atoms with E-state index in [1.807, 2.05) is 0 Å². The Labute approximate surface area is 350 Å². The molecular weight excluding hydrogens is 852 g/mol. The third-order valence-corrected chi connectivity index (χ3v) is 11.1. The highest BCUT2D eigenvalue weighted by atomic mass is 16.8. The quantitative estimate of drug-likeness (QED) is 0.0769. The molecule has 0 aromatic heterocycles. The van der Waals surface area contributed by atoms with E-state index in [2.05, 4.69) is 10.6 Å². The van der Waals surface area contributed by atoms with Crippen molar-refractivity contribution in [2.24, 2.45) is 0 Å². The Morgan fingerprint density at radius 2 is 0.952 bits per heavy atom. The van der Waals surface area contributed by atoms with Crippen LogP contribution in [-0.4, -0.2) is 263 Å². The number of ether oxygens (including phenoxy) is 9. The zero-order valence-corrected chi connectivity index (χ0v) is 33.2. The van der Waals surface area contributed by atoms with Gasteiger partial charge in [0, 0.05) is 13.8 Å². The smallest absolute Gasteiger partial charge is 0.335 e. The number of carbonyl (C=O) groups excluding carboxylic acids is 2. The van der Waals surface area contributed by atoms with Crippen LogP contribution in [0.4, 0.5) is 0 Å². The molecule has 2 amide bonds. The summed E-state index contributed by atoms with van der Waals surface area (Å²) in [5.74, 6) is -3.44. The molecule has 5 aliphatic heterocycles. The summed E-state index contributed by atoms with van der Waals surface area (Å²) in [4.78, 5) is 36.7. The van der Waals surface area contributed by atoms with E-state index >= 15 is 0 Å². The number of hydrogen-bond acceptors (Lipinski definition) is 25. The molecule has 28 heteroatoms. The number of aliphatic carboxylic acids is 1. The van der Waals surface area contributed by atoms with Crippen LogP contribution in [0.5, 0.6) is 0 Å². The molecule has 358 valence electrons. The number of carbonyl (C=O) groups is 3. The van der Waals surface area contributed by atoms with Crippen LogP contribution in [0.3, 0.4) is 0 Å². The van der Waals surface area contributed by atoms with E-state index in [9.17, 15) is 85.9 Å². The molecule has 1 unspecified atom stereocenters. The fourth-order valence-electron chi connectivity index (χ4n) is 7.72. The standard InChI is InChI=1S/C34H56N2O26/c1-7-15(42)20(47)23(50)33(54-7)61-25-17(44)11(5-38)56-34(28(25)62-31-13(35-8(2)40)18(45)16(43)10(4-37)55-31)59-24-12(6-39)57-32(14(19(24)46)36-9(3)41)60-26-21(48)22(49)30(53)58-27(26)29(51)52/h7,10-28,30-34,37-39,42-50,53H,4-6H2,1-3H3,(H,35,40)(H,36,41)(H,51,52)/t7-,10+,11+,12+,13+,14+,15-,16+,17+,18+,19+,20+,21+,22+,23+,24-,25-,26+,27-,28-,30?,31+,32+,33-,34-/m0/s1. The van der Waals surface area contributed by atoms with E-state index in [4.69, 9.17) is 42.6 Å². The first-order valence-corrected chi connectivity index (χ1v) is 19.4. The van der Waals surface area contributed by atoms with Gasteiger partial charge in [0.1, 0.15) is 110 Å². The molecule has 28 nitrogen and oxygen atoms in total. The van der Waals surface area contributed by atoms with Gasteiger partial charge in [0.2, 0.25) is 11.8 Å². The highest BCUT2D eigenvalue weighted by molar-refractivity contribution is 5.74. The van der Waals surface area contributed by atoms with Crippen molar-refractivity contribution in [3.8, 4) is 0 Å². The second kappa shape index (κ2) is 21.2. The van der Waals surface area contributed by atoms with Gasteiger partial charge in [-0.05, 0) is 6.92 Å². The van der Waals surface area contributed by atoms with Gasteiger partial charge in [-0.3, -0.25) is 9.59 Å². The summed E-state index contributed by atoms with van der Waals surface area (Å²) in [5, 5.41) is 153. The molecule has 0 spiro atoms. The van der Waals surface area contributed by atoms with Crippen molar-refractivity contribution < 1.29 is 129 Å². The summed E-state index contributed by atoms with van der Waals surface area (Å²) in [6, 6.07) is -3.48. The van der Waals surface area contributed by atoms with Crippen molar-refractivity contribution in [1.82, 2.24) is 10.6 Å². The lowest BCUT2D eigenvalue weighted by Crippen LogP contribution is -2.71. The molecule has 5 aliphatic rings. The van der Waals surface area contributed by atoms with E-state index in [0.29, 0.717) is 0 Å². The van der Waals surface area contributed by atoms with Crippen molar-refractivity contribution in [3.63, 3.8) is 0 Å². The van der Waals surface area contributed by atoms with Crippen LogP contribution in [0, 0.1) is 0 Å². The molecule has 0 aromatic rings. The SMILES string of the molecule is CC(=O)N[C@H]1[C@@H](O[C@@H]2[C@H](O)[C@@H](O)C(O)O[C@@H]2C(=O)O)O[C@H](CO)[C@H](O[C@@H]2O[C@H](CO)[C@@H](O)[C@H](O[C@@H]3O[C@@H](C)[C@H](O)[C@@H](O)[C@H]3O)[C@@H]2O[C@H]2O[C@H](CO)[C@@H](O)[C@H](O)[C@H]2NC(C)=O)[C@@H]1O. The highest BCUT2D eigenvalue weighted by Crippen LogP contribution is 2.37. The van der Waals surface area contributed by atoms with Gasteiger partial charge in [0.15, 0.2) is 37.6 Å². The second-order valence-electron chi connectivity index (χ2n) is 15.4. The monoisotopic (exact) mass is 908 g/mol. The van der Waals surface area contributed by atoms with E-state index < -0.39 is 191 Å². The number of carboxylic acids is 1. The number of hydrogen-bond donors (Lipinski definition) is 16. The van der Waals surface area contributed by atoms with Crippen LogP contribution in [0.15, 0.2) is 0 Å². The predicted octanol–water partition coefficient (Wildman–Crippen LogP) is -10.5. The summed E-state index contributed by atoms with van der Waals surface area (Å²) in [5.41, 5.74) is 0. The maximum absolute atomic E-state index is 12.5. The minimum atomic E-state index is -2.18. The molecule has 0 aliphatic carbocycles. The second-order valence-corrected chi connectivity index (χ2v) is 15.4. The molecule has 5 saturated heterocycles. The Bertz CT molecular complexity index is 1500. The lowest BCUT2D eigenvalue weighted by Gasteiger charge is -2.51. The number of aliphatic hydroxyl groups is 13. The van der Waals surface area contributed by atoms with Crippen LogP contribution in [0.1, 0.15) is 20.8 Å². The average Bonchev–Trinajstić information content (AvgIpc) is 3.22. The van der Waals surface area contributed by atoms with Gasteiger partial charge < -0.3 is 125 Å². The molecule has 62 heavy (non-hydrogen) atoms. The minimum Gasteiger partial charge on any atom is -0.479 e. The summed E-state index contributed by atoms with van der Waals surface area (Å²) < 4.78 is 51.7. The van der Waals surface area contributed by atoms with Crippen molar-refractivity contribution >= 4 is 17.8 Å². The fourth-order valence-corrected chi connectivity index (χ4v) is 7.72. The Kier molecular flexibility index (Phi) is 17.3. The third-order valence-electron chi connectivity index (χ3n) is 11.1. The maximum Gasteiger partial charge on any atom is 0.335 e. The van der Waals surface area contributed by atoms with Gasteiger partial charge in [-0.1, -0.05) is 0 Å². The van der Waals surface area contributed by atoms with E-state index in [1.165, 1.54) is 6.92 Å². The van der Waals surface area contributed by atoms with Gasteiger partial charge in [0.25, 0.3) is 0 Å². The summed E-state index contributed by atoms with van der Waals surface area (Å²) >= 11 is 0. The van der Waals surface area contributed by atoms with E-state index in [0.717, 1.165) is 13.8 Å². The Hall–Kier alpha value is -2.47. The lowest BCUT2D eigenvalue weighted by molar-refractivity contribution is -0.399. The third kappa shape index (κ3) is 10.6. The molecule has 0 saturated carbocycles. The molecule has 0 radical (unpaired) electrons. The number of rotatable bonds is 14. The summed E-state index contributed by atoms with van der Waals surface area (Å²) in [6.07, 6.45) is -44.1. The van der Waals surface area contributed by atoms with Crippen molar-refractivity contribution in [2.75, 3.05) is 19.8 Å². The first kappa shape index (κ1) is 50.5. The molecular formula is C34H56N2O26. The largest absolute Gasteiger partial charge is 0.479 e. The molecule has 5 rings (SSSR count). The van der Waals surface area contributed by atoms with E-state index in [-0.39, 0.29) is 0 Å². The van der Waals surface area contributed by atoms with Crippen LogP contribution in [-0.2, 0) is 57.0 Å². The van der Waals surface area contributed by atoms with Crippen LogP contribution >= 0.6 is 0 Å². The highest BCUT2D eigenvalue weighted by Gasteiger charge is 2.58. The van der Waals surface area contributed by atoms with Crippen LogP contribution < -0.4 is 10.6 Å². The van der Waals surface area contributed by atoms with Gasteiger partial charge in [-0.2, -0.15) is 0 Å². The fraction of sp³-hybridized carbons (Fsp3) is 0.912. The molecule has 5 fully saturated rings. The molecule has 5 heterocycles. The topological polar surface area (TPSA) is 442 Å². The molecule has 25 atom stereocenters. The van der Waals surface area contributed by atoms with Gasteiger partial charge >= 0.3 is 5.97 Å². The first-order chi connectivity index (χ1) is 29.1. The minimum absolute atomic E-state index is 0.788. The Morgan fingerprint density at radius 1 is 0.468 bits per heavy atom. The van der Waals surface area contributed by atoms with E-state index in [1.54, 1.807) is 0 Å². The lowest BCUT2D eigenvalue weighted by atomic mass is 9.94. The van der Waals surface area contributed by atoms with Crippen LogP contribution in [0.2, 0.25) is 0 Å².